The number of hydrogen-bond acceptors (Lipinski definition) is 4. The number of ether oxygens (including phenoxy) is 1. The summed E-state index contributed by atoms with van der Waals surface area (Å²) in [6.07, 6.45) is 1.39. The molecular formula is C15H14FNO3. The van der Waals surface area contributed by atoms with Gasteiger partial charge in [0.2, 0.25) is 0 Å². The topological polar surface area (TPSA) is 58.9 Å². The summed E-state index contributed by atoms with van der Waals surface area (Å²) in [4.78, 5) is 15.8. The molecule has 1 aliphatic rings. The van der Waals surface area contributed by atoms with Gasteiger partial charge in [-0.1, -0.05) is 18.2 Å². The highest BCUT2D eigenvalue weighted by Crippen LogP contribution is 2.26. The van der Waals surface area contributed by atoms with Gasteiger partial charge in [0.25, 0.3) is 0 Å². The van der Waals surface area contributed by atoms with Crippen molar-refractivity contribution in [1.29, 1.82) is 0 Å². The Morgan fingerprint density at radius 3 is 2.80 bits per heavy atom. The molecular weight excluding hydrogens is 261 g/mol. The molecule has 1 heterocycles. The molecule has 2 rings (SSSR count). The minimum absolute atomic E-state index is 0.0226. The minimum Gasteiger partial charge on any atom is -0.505 e. The number of benzene rings is 1. The van der Waals surface area contributed by atoms with Gasteiger partial charge in [0.05, 0.1) is 12.3 Å². The molecule has 1 aliphatic heterocycles. The monoisotopic (exact) mass is 275 g/mol. The zero-order valence-corrected chi connectivity index (χ0v) is 11.2. The number of nitrogens with zero attached hydrogens (tertiary/aromatic N) is 1. The van der Waals surface area contributed by atoms with E-state index in [2.05, 4.69) is 4.99 Å². The Morgan fingerprint density at radius 1 is 1.45 bits per heavy atom. The molecule has 0 fully saturated rings. The second kappa shape index (κ2) is 5.69. The van der Waals surface area contributed by atoms with Gasteiger partial charge in [-0.15, -0.1) is 0 Å². The van der Waals surface area contributed by atoms with Crippen LogP contribution >= 0.6 is 0 Å². The first-order valence-electron chi connectivity index (χ1n) is 6.17. The van der Waals surface area contributed by atoms with Crippen LogP contribution in [0.1, 0.15) is 19.4 Å². The van der Waals surface area contributed by atoms with Crippen LogP contribution in [-0.2, 0) is 9.53 Å². The van der Waals surface area contributed by atoms with Crippen LogP contribution in [0.5, 0.6) is 0 Å². The van der Waals surface area contributed by atoms with Crippen LogP contribution < -0.4 is 0 Å². The van der Waals surface area contributed by atoms with Crippen LogP contribution in [0.3, 0.4) is 0 Å². The molecule has 0 atom stereocenters. The number of aliphatic hydroxyl groups is 1. The van der Waals surface area contributed by atoms with Gasteiger partial charge in [-0.05, 0) is 26.0 Å². The maximum absolute atomic E-state index is 13.6. The van der Waals surface area contributed by atoms with Crippen molar-refractivity contribution in [3.05, 3.63) is 52.7 Å². The smallest absolute Gasteiger partial charge is 0.343 e. The maximum atomic E-state index is 13.6. The van der Waals surface area contributed by atoms with Gasteiger partial charge in [0, 0.05) is 5.56 Å². The van der Waals surface area contributed by atoms with E-state index in [9.17, 15) is 14.3 Å². The van der Waals surface area contributed by atoms with Crippen LogP contribution in [0, 0.1) is 5.82 Å². The summed E-state index contributed by atoms with van der Waals surface area (Å²) in [7, 11) is 0. The van der Waals surface area contributed by atoms with E-state index in [1.165, 1.54) is 12.1 Å². The van der Waals surface area contributed by atoms with Gasteiger partial charge < -0.3 is 9.84 Å². The molecule has 1 aromatic carbocycles. The molecule has 0 aromatic heterocycles. The number of esters is 1. The van der Waals surface area contributed by atoms with Crippen molar-refractivity contribution in [1.82, 2.24) is 0 Å². The first-order chi connectivity index (χ1) is 9.54. The summed E-state index contributed by atoms with van der Waals surface area (Å²) in [5, 5.41) is 10.0. The van der Waals surface area contributed by atoms with Gasteiger partial charge in [0.15, 0.2) is 5.76 Å². The number of carbonyl (C=O) groups is 1. The van der Waals surface area contributed by atoms with Gasteiger partial charge >= 0.3 is 5.97 Å². The van der Waals surface area contributed by atoms with E-state index in [-0.39, 0.29) is 29.2 Å². The van der Waals surface area contributed by atoms with Gasteiger partial charge in [-0.25, -0.2) is 14.2 Å². The highest BCUT2D eigenvalue weighted by atomic mass is 19.1. The number of aliphatic hydroxyl groups excluding tert-OH is 1. The van der Waals surface area contributed by atoms with Crippen molar-refractivity contribution in [2.75, 3.05) is 6.61 Å². The molecule has 104 valence electrons. The standard InChI is InChI=1S/C15H14FNO3/c1-3-20-15(19)13-9(2)17-12(14(13)18)8-10-6-4-5-7-11(10)16/h4-8,18H,3H2,1-2H3/b12-8-. The third kappa shape index (κ3) is 2.61. The van der Waals surface area contributed by atoms with Crippen molar-refractivity contribution in [2.45, 2.75) is 13.8 Å². The Bertz CT molecular complexity index is 644. The largest absolute Gasteiger partial charge is 0.505 e. The second-order valence-corrected chi connectivity index (χ2v) is 4.19. The highest BCUT2D eigenvalue weighted by Gasteiger charge is 2.27. The number of hydrogen-bond donors (Lipinski definition) is 1. The molecule has 20 heavy (non-hydrogen) atoms. The third-order valence-electron chi connectivity index (χ3n) is 2.81. The maximum Gasteiger partial charge on any atom is 0.343 e. The summed E-state index contributed by atoms with van der Waals surface area (Å²) < 4.78 is 18.4. The fraction of sp³-hybridized carbons (Fsp3) is 0.200. The summed E-state index contributed by atoms with van der Waals surface area (Å²) in [5.41, 5.74) is 0.810. The second-order valence-electron chi connectivity index (χ2n) is 4.19. The van der Waals surface area contributed by atoms with Crippen LogP contribution in [0.25, 0.3) is 6.08 Å². The zero-order valence-electron chi connectivity index (χ0n) is 11.2. The lowest BCUT2D eigenvalue weighted by Crippen LogP contribution is -2.13. The molecule has 0 saturated carbocycles. The average Bonchev–Trinajstić information content (AvgIpc) is 2.67. The Labute approximate surface area is 115 Å². The highest BCUT2D eigenvalue weighted by molar-refractivity contribution is 6.22. The summed E-state index contributed by atoms with van der Waals surface area (Å²) in [6.45, 7) is 3.47. The lowest BCUT2D eigenvalue weighted by atomic mass is 10.1. The Kier molecular flexibility index (Phi) is 3.98. The SMILES string of the molecule is CCOC(=O)C1=C(O)/C(=C/c2ccccc2F)N=C1C. The van der Waals surface area contributed by atoms with E-state index in [0.29, 0.717) is 5.71 Å². The lowest BCUT2D eigenvalue weighted by molar-refractivity contribution is -0.138. The molecule has 0 amide bonds. The quantitative estimate of drug-likeness (QED) is 0.863. The zero-order chi connectivity index (χ0) is 14.7. The Balaban J connectivity index is 2.41. The van der Waals surface area contributed by atoms with E-state index in [1.54, 1.807) is 32.0 Å². The number of carbonyl (C=O) groups excluding carboxylic acids is 1. The van der Waals surface area contributed by atoms with Crippen molar-refractivity contribution >= 4 is 17.8 Å². The average molecular weight is 275 g/mol. The van der Waals surface area contributed by atoms with Crippen molar-refractivity contribution in [3.63, 3.8) is 0 Å². The van der Waals surface area contributed by atoms with Crippen molar-refractivity contribution in [3.8, 4) is 0 Å². The van der Waals surface area contributed by atoms with Crippen molar-refractivity contribution < 1.29 is 19.0 Å². The van der Waals surface area contributed by atoms with Gasteiger partial charge in [-0.3, -0.25) is 0 Å². The molecule has 0 saturated heterocycles. The van der Waals surface area contributed by atoms with Crippen molar-refractivity contribution in [2.24, 2.45) is 4.99 Å². The summed E-state index contributed by atoms with van der Waals surface area (Å²) in [5.74, 6) is -1.35. The van der Waals surface area contributed by atoms with E-state index in [4.69, 9.17) is 4.74 Å². The molecule has 1 N–H and O–H groups in total. The van der Waals surface area contributed by atoms with E-state index in [0.717, 1.165) is 0 Å². The van der Waals surface area contributed by atoms with Crippen LogP contribution in [-0.4, -0.2) is 23.4 Å². The first-order valence-corrected chi connectivity index (χ1v) is 6.17. The normalized spacial score (nSPS) is 16.6. The Morgan fingerprint density at radius 2 is 2.15 bits per heavy atom. The van der Waals surface area contributed by atoms with E-state index in [1.807, 2.05) is 0 Å². The molecule has 0 spiro atoms. The van der Waals surface area contributed by atoms with E-state index >= 15 is 0 Å². The van der Waals surface area contributed by atoms with Crippen LogP contribution in [0.4, 0.5) is 4.39 Å². The molecule has 4 nitrogen and oxygen atoms in total. The number of aliphatic imine (C=N–C) groups is 1. The first kappa shape index (κ1) is 14.0. The summed E-state index contributed by atoms with van der Waals surface area (Å²) >= 11 is 0. The minimum atomic E-state index is -0.636. The predicted molar refractivity (Wildman–Crippen MR) is 73.8 cm³/mol. The Hall–Kier alpha value is -2.43. The molecule has 5 heteroatoms. The summed E-state index contributed by atoms with van der Waals surface area (Å²) in [6, 6.07) is 6.11. The molecule has 0 unspecified atom stereocenters. The van der Waals surface area contributed by atoms with Crippen LogP contribution in [0.2, 0.25) is 0 Å². The van der Waals surface area contributed by atoms with Gasteiger partial charge in [0.1, 0.15) is 17.1 Å². The molecule has 0 radical (unpaired) electrons. The molecule has 0 bridgehead atoms. The fourth-order valence-electron chi connectivity index (χ4n) is 1.88. The van der Waals surface area contributed by atoms with Crippen LogP contribution in [0.15, 0.2) is 46.3 Å². The fourth-order valence-corrected chi connectivity index (χ4v) is 1.88. The molecule has 1 aromatic rings. The third-order valence-corrected chi connectivity index (χ3v) is 2.81. The molecule has 0 aliphatic carbocycles. The number of rotatable bonds is 3. The predicted octanol–water partition coefficient (Wildman–Crippen LogP) is 3.02. The lowest BCUT2D eigenvalue weighted by Gasteiger charge is -2.03. The van der Waals surface area contributed by atoms with E-state index < -0.39 is 11.8 Å². The number of halogens is 1. The van der Waals surface area contributed by atoms with Gasteiger partial charge in [-0.2, -0.15) is 0 Å².